The lowest BCUT2D eigenvalue weighted by atomic mass is 9.97. The summed E-state index contributed by atoms with van der Waals surface area (Å²) in [5, 5.41) is 3.28. The second-order valence-electron chi connectivity index (χ2n) is 4.29. The summed E-state index contributed by atoms with van der Waals surface area (Å²) in [7, 11) is 0. The first-order chi connectivity index (χ1) is 7.31. The molecule has 0 aliphatic carbocycles. The minimum absolute atomic E-state index is 0. The predicted molar refractivity (Wildman–Crippen MR) is 71.1 cm³/mol. The van der Waals surface area contributed by atoms with Crippen molar-refractivity contribution < 1.29 is 0 Å². The lowest BCUT2D eigenvalue weighted by Crippen LogP contribution is -2.39. The van der Waals surface area contributed by atoms with Gasteiger partial charge in [0.2, 0.25) is 0 Å². The van der Waals surface area contributed by atoms with Crippen molar-refractivity contribution in [3.05, 3.63) is 16.6 Å². The highest BCUT2D eigenvalue weighted by molar-refractivity contribution is 7.09. The molecule has 1 aromatic heterocycles. The fourth-order valence-electron chi connectivity index (χ4n) is 2.24. The first-order valence-corrected chi connectivity index (χ1v) is 6.52. The molecule has 2 atom stereocenters. The summed E-state index contributed by atoms with van der Waals surface area (Å²) in [6.07, 6.45) is 4.45. The highest BCUT2D eigenvalue weighted by Gasteiger charge is 2.24. The Balaban J connectivity index is 0.00000128. The first-order valence-electron chi connectivity index (χ1n) is 5.64. The number of likely N-dealkylation sites (tertiary alicyclic amines) is 1. The Kier molecular flexibility index (Phi) is 5.69. The van der Waals surface area contributed by atoms with E-state index in [0.717, 1.165) is 13.1 Å². The Morgan fingerprint density at radius 1 is 1.69 bits per heavy atom. The van der Waals surface area contributed by atoms with Gasteiger partial charge < -0.3 is 5.73 Å². The SMILES string of the molecule is CC(c1nccs1)N1CCCC(CN)C1.Cl. The highest BCUT2D eigenvalue weighted by Crippen LogP contribution is 2.27. The fraction of sp³-hybridized carbons (Fsp3) is 0.727. The maximum Gasteiger partial charge on any atom is 0.109 e. The molecule has 0 spiro atoms. The number of halogens is 1. The molecule has 2 rings (SSSR count). The molecule has 0 amide bonds. The van der Waals surface area contributed by atoms with Crippen LogP contribution < -0.4 is 5.73 Å². The number of hydrogen-bond acceptors (Lipinski definition) is 4. The molecule has 1 saturated heterocycles. The number of aromatic nitrogens is 1. The van der Waals surface area contributed by atoms with E-state index in [1.54, 1.807) is 11.3 Å². The first kappa shape index (κ1) is 13.9. The van der Waals surface area contributed by atoms with Crippen molar-refractivity contribution in [1.29, 1.82) is 0 Å². The van der Waals surface area contributed by atoms with E-state index in [1.165, 1.54) is 24.4 Å². The molecule has 5 heteroatoms. The predicted octanol–water partition coefficient (Wildman–Crippen LogP) is 2.30. The average Bonchev–Trinajstić information content (AvgIpc) is 2.81. The van der Waals surface area contributed by atoms with Crippen molar-refractivity contribution in [2.24, 2.45) is 11.7 Å². The van der Waals surface area contributed by atoms with E-state index >= 15 is 0 Å². The topological polar surface area (TPSA) is 42.2 Å². The van der Waals surface area contributed by atoms with Crippen LogP contribution in [-0.4, -0.2) is 29.5 Å². The summed E-state index contributed by atoms with van der Waals surface area (Å²) >= 11 is 1.75. The van der Waals surface area contributed by atoms with Crippen LogP contribution in [-0.2, 0) is 0 Å². The van der Waals surface area contributed by atoms with Gasteiger partial charge in [-0.15, -0.1) is 23.7 Å². The summed E-state index contributed by atoms with van der Waals surface area (Å²) in [6.45, 7) is 5.40. The number of nitrogens with two attached hydrogens (primary N) is 1. The third-order valence-electron chi connectivity index (χ3n) is 3.24. The molecule has 3 nitrogen and oxygen atoms in total. The normalized spacial score (nSPS) is 23.8. The van der Waals surface area contributed by atoms with E-state index in [0.29, 0.717) is 12.0 Å². The van der Waals surface area contributed by atoms with E-state index in [2.05, 4.69) is 22.2 Å². The lowest BCUT2D eigenvalue weighted by Gasteiger charge is -2.35. The Labute approximate surface area is 107 Å². The van der Waals surface area contributed by atoms with Crippen molar-refractivity contribution in [3.63, 3.8) is 0 Å². The van der Waals surface area contributed by atoms with Crippen LogP contribution in [0.15, 0.2) is 11.6 Å². The van der Waals surface area contributed by atoms with Crippen LogP contribution in [0.3, 0.4) is 0 Å². The minimum Gasteiger partial charge on any atom is -0.330 e. The van der Waals surface area contributed by atoms with Crippen molar-refractivity contribution in [1.82, 2.24) is 9.88 Å². The second-order valence-corrected chi connectivity index (χ2v) is 5.21. The van der Waals surface area contributed by atoms with Gasteiger partial charge in [-0.2, -0.15) is 0 Å². The van der Waals surface area contributed by atoms with Gasteiger partial charge in [0.05, 0.1) is 6.04 Å². The van der Waals surface area contributed by atoms with Crippen LogP contribution in [0, 0.1) is 5.92 Å². The Morgan fingerprint density at radius 2 is 2.50 bits per heavy atom. The average molecular weight is 262 g/mol. The van der Waals surface area contributed by atoms with Crippen LogP contribution in [0.1, 0.15) is 30.8 Å². The van der Waals surface area contributed by atoms with Gasteiger partial charge in [0, 0.05) is 18.1 Å². The molecule has 2 unspecified atom stereocenters. The van der Waals surface area contributed by atoms with Crippen LogP contribution in [0.4, 0.5) is 0 Å². The zero-order valence-electron chi connectivity index (χ0n) is 9.63. The molecular formula is C11H20ClN3S. The third-order valence-corrected chi connectivity index (χ3v) is 4.19. The second kappa shape index (κ2) is 6.55. The molecule has 2 N–H and O–H groups in total. The fourth-order valence-corrected chi connectivity index (χ4v) is 2.97. The Hall–Kier alpha value is -0.160. The molecule has 16 heavy (non-hydrogen) atoms. The molecule has 2 heterocycles. The summed E-state index contributed by atoms with van der Waals surface area (Å²) in [5.74, 6) is 0.682. The van der Waals surface area contributed by atoms with E-state index < -0.39 is 0 Å². The van der Waals surface area contributed by atoms with Gasteiger partial charge >= 0.3 is 0 Å². The van der Waals surface area contributed by atoms with Crippen LogP contribution in [0.2, 0.25) is 0 Å². The van der Waals surface area contributed by atoms with Crippen molar-refractivity contribution in [3.8, 4) is 0 Å². The molecule has 0 bridgehead atoms. The van der Waals surface area contributed by atoms with Crippen LogP contribution in [0.25, 0.3) is 0 Å². The molecule has 0 aromatic carbocycles. The van der Waals surface area contributed by atoms with E-state index in [4.69, 9.17) is 5.73 Å². The Morgan fingerprint density at radius 3 is 3.12 bits per heavy atom. The minimum atomic E-state index is 0. The summed E-state index contributed by atoms with van der Waals surface area (Å²) in [5.41, 5.74) is 5.74. The number of piperidine rings is 1. The summed E-state index contributed by atoms with van der Waals surface area (Å²) in [4.78, 5) is 6.90. The number of thiazole rings is 1. The number of rotatable bonds is 3. The smallest absolute Gasteiger partial charge is 0.109 e. The zero-order valence-corrected chi connectivity index (χ0v) is 11.3. The van der Waals surface area contributed by atoms with E-state index in [-0.39, 0.29) is 12.4 Å². The van der Waals surface area contributed by atoms with Gasteiger partial charge in [0.25, 0.3) is 0 Å². The zero-order chi connectivity index (χ0) is 10.7. The molecule has 1 aromatic rings. The standard InChI is InChI=1S/C11H19N3S.ClH/c1-9(11-13-4-6-15-11)14-5-2-3-10(7-12)8-14;/h4,6,9-10H,2-3,5,7-8,12H2,1H3;1H. The monoisotopic (exact) mass is 261 g/mol. The molecule has 1 aliphatic rings. The van der Waals surface area contributed by atoms with E-state index in [1.807, 2.05) is 6.20 Å². The molecule has 0 saturated carbocycles. The van der Waals surface area contributed by atoms with Crippen molar-refractivity contribution >= 4 is 23.7 Å². The van der Waals surface area contributed by atoms with Crippen LogP contribution >= 0.6 is 23.7 Å². The summed E-state index contributed by atoms with van der Waals surface area (Å²) in [6, 6.07) is 0.458. The largest absolute Gasteiger partial charge is 0.330 e. The van der Waals surface area contributed by atoms with Crippen LogP contribution in [0.5, 0.6) is 0 Å². The number of nitrogens with zero attached hydrogens (tertiary/aromatic N) is 2. The van der Waals surface area contributed by atoms with Gasteiger partial charge in [-0.3, -0.25) is 4.90 Å². The maximum atomic E-state index is 5.74. The summed E-state index contributed by atoms with van der Waals surface area (Å²) < 4.78 is 0. The quantitative estimate of drug-likeness (QED) is 0.908. The highest BCUT2D eigenvalue weighted by atomic mass is 35.5. The molecule has 1 aliphatic heterocycles. The van der Waals surface area contributed by atoms with Crippen molar-refractivity contribution in [2.45, 2.75) is 25.8 Å². The van der Waals surface area contributed by atoms with Gasteiger partial charge in [-0.1, -0.05) is 0 Å². The van der Waals surface area contributed by atoms with Gasteiger partial charge in [0.15, 0.2) is 0 Å². The van der Waals surface area contributed by atoms with Gasteiger partial charge in [0.1, 0.15) is 5.01 Å². The third kappa shape index (κ3) is 3.17. The number of hydrogen-bond donors (Lipinski definition) is 1. The molecular weight excluding hydrogens is 242 g/mol. The molecule has 1 fully saturated rings. The van der Waals surface area contributed by atoms with E-state index in [9.17, 15) is 0 Å². The van der Waals surface area contributed by atoms with Crippen molar-refractivity contribution in [2.75, 3.05) is 19.6 Å². The molecule has 0 radical (unpaired) electrons. The van der Waals surface area contributed by atoms with Gasteiger partial charge in [-0.05, 0) is 38.8 Å². The van der Waals surface area contributed by atoms with Gasteiger partial charge in [-0.25, -0.2) is 4.98 Å². The lowest BCUT2D eigenvalue weighted by molar-refractivity contribution is 0.134. The maximum absolute atomic E-state index is 5.74. The Bertz CT molecular complexity index is 291. The molecule has 92 valence electrons.